The molecule has 4 nitrogen and oxygen atoms in total. The van der Waals surface area contributed by atoms with Crippen LogP contribution >= 0.6 is 11.3 Å². The summed E-state index contributed by atoms with van der Waals surface area (Å²) in [6.07, 6.45) is 0. The minimum atomic E-state index is 0.142. The van der Waals surface area contributed by atoms with Crippen molar-refractivity contribution in [3.8, 4) is 16.9 Å². The van der Waals surface area contributed by atoms with Crippen LogP contribution in [0, 0.1) is 6.92 Å². The highest BCUT2D eigenvalue weighted by molar-refractivity contribution is 7.14. The zero-order valence-corrected chi connectivity index (χ0v) is 15.4. The van der Waals surface area contributed by atoms with Crippen LogP contribution in [0.4, 0.5) is 0 Å². The fourth-order valence-corrected chi connectivity index (χ4v) is 4.13. The number of nitrogens with one attached hydrogen (secondary N) is 1. The van der Waals surface area contributed by atoms with Gasteiger partial charge in [-0.25, -0.2) is 0 Å². The molecular formula is C19H24N2O2S. The van der Waals surface area contributed by atoms with Gasteiger partial charge in [-0.2, -0.15) is 0 Å². The molecule has 128 valence electrons. The highest BCUT2D eigenvalue weighted by Gasteiger charge is 2.29. The summed E-state index contributed by atoms with van der Waals surface area (Å²) in [7, 11) is 1.66. The van der Waals surface area contributed by atoms with Crippen molar-refractivity contribution in [3.05, 3.63) is 40.1 Å². The summed E-state index contributed by atoms with van der Waals surface area (Å²) < 4.78 is 5.22. The smallest absolute Gasteiger partial charge is 0.264 e. The van der Waals surface area contributed by atoms with E-state index >= 15 is 0 Å². The first kappa shape index (κ1) is 17.0. The number of piperazine rings is 1. The van der Waals surface area contributed by atoms with Crippen LogP contribution in [0.3, 0.4) is 0 Å². The van der Waals surface area contributed by atoms with Crippen molar-refractivity contribution in [2.24, 2.45) is 0 Å². The number of aryl methyl sites for hydroxylation is 1. The second-order valence-electron chi connectivity index (χ2n) is 6.29. The Kier molecular flexibility index (Phi) is 4.92. The third-order valence-corrected chi connectivity index (χ3v) is 5.86. The van der Waals surface area contributed by atoms with Crippen molar-refractivity contribution in [2.45, 2.75) is 32.9 Å². The largest absolute Gasteiger partial charge is 0.497 e. The first-order valence-corrected chi connectivity index (χ1v) is 9.12. The molecule has 2 aromatic rings. The van der Waals surface area contributed by atoms with Crippen LogP contribution in [-0.2, 0) is 0 Å². The van der Waals surface area contributed by atoms with E-state index in [9.17, 15) is 4.79 Å². The van der Waals surface area contributed by atoms with E-state index in [-0.39, 0.29) is 11.9 Å². The van der Waals surface area contributed by atoms with Gasteiger partial charge in [0, 0.05) is 30.1 Å². The lowest BCUT2D eigenvalue weighted by Crippen LogP contribution is -2.57. The van der Waals surface area contributed by atoms with E-state index in [2.05, 4.69) is 26.1 Å². The summed E-state index contributed by atoms with van der Waals surface area (Å²) in [4.78, 5) is 16.9. The molecule has 0 radical (unpaired) electrons. The van der Waals surface area contributed by atoms with Crippen LogP contribution in [0.2, 0.25) is 0 Å². The third kappa shape index (κ3) is 3.19. The summed E-state index contributed by atoms with van der Waals surface area (Å²) in [6, 6.07) is 10.5. The molecule has 3 rings (SSSR count). The quantitative estimate of drug-likeness (QED) is 0.926. The maximum atomic E-state index is 12.9. The summed E-state index contributed by atoms with van der Waals surface area (Å²) >= 11 is 1.58. The average molecular weight is 344 g/mol. The number of hydrogen-bond acceptors (Lipinski definition) is 4. The molecule has 1 saturated heterocycles. The molecule has 5 heteroatoms. The Balaban J connectivity index is 1.86. The van der Waals surface area contributed by atoms with E-state index in [1.807, 2.05) is 35.2 Å². The Labute approximate surface area is 147 Å². The van der Waals surface area contributed by atoms with Gasteiger partial charge in [-0.05, 0) is 50.1 Å². The lowest BCUT2D eigenvalue weighted by molar-refractivity contribution is 0.0608. The lowest BCUT2D eigenvalue weighted by atomic mass is 10.1. The molecule has 0 bridgehead atoms. The van der Waals surface area contributed by atoms with Crippen LogP contribution in [0.25, 0.3) is 11.1 Å². The van der Waals surface area contributed by atoms with Crippen LogP contribution < -0.4 is 10.1 Å². The Morgan fingerprint density at radius 3 is 2.67 bits per heavy atom. The highest BCUT2D eigenvalue weighted by atomic mass is 32.1. The third-order valence-electron chi connectivity index (χ3n) is 4.82. The van der Waals surface area contributed by atoms with E-state index in [1.54, 1.807) is 18.4 Å². The van der Waals surface area contributed by atoms with Crippen LogP contribution in [-0.4, -0.2) is 43.1 Å². The predicted molar refractivity (Wildman–Crippen MR) is 99.0 cm³/mol. The molecule has 2 heterocycles. The minimum absolute atomic E-state index is 0.142. The molecule has 24 heavy (non-hydrogen) atoms. The van der Waals surface area contributed by atoms with Gasteiger partial charge in [0.15, 0.2) is 0 Å². The maximum Gasteiger partial charge on any atom is 0.264 e. The fraction of sp³-hybridized carbons (Fsp3) is 0.421. The molecule has 1 aromatic heterocycles. The lowest BCUT2D eigenvalue weighted by Gasteiger charge is -2.38. The van der Waals surface area contributed by atoms with Gasteiger partial charge < -0.3 is 15.0 Å². The molecule has 2 atom stereocenters. The number of ether oxygens (including phenoxy) is 1. The van der Waals surface area contributed by atoms with Gasteiger partial charge in [-0.15, -0.1) is 11.3 Å². The molecule has 1 aromatic carbocycles. The van der Waals surface area contributed by atoms with Crippen molar-refractivity contribution < 1.29 is 9.53 Å². The van der Waals surface area contributed by atoms with E-state index in [0.29, 0.717) is 6.04 Å². The Morgan fingerprint density at radius 2 is 2.00 bits per heavy atom. The summed E-state index contributed by atoms with van der Waals surface area (Å²) in [5.41, 5.74) is 2.24. The molecule has 0 aliphatic carbocycles. The SMILES string of the molecule is COc1ccc(-c2cc(C(=O)N3CCNC(C)C3C)sc2C)cc1. The van der Waals surface area contributed by atoms with E-state index in [4.69, 9.17) is 4.74 Å². The Bertz CT molecular complexity index is 723. The highest BCUT2D eigenvalue weighted by Crippen LogP contribution is 2.33. The number of thiophene rings is 1. The Hall–Kier alpha value is -1.85. The number of benzene rings is 1. The van der Waals surface area contributed by atoms with Gasteiger partial charge in [0.1, 0.15) is 5.75 Å². The predicted octanol–water partition coefficient (Wildman–Crippen LogP) is 3.55. The van der Waals surface area contributed by atoms with Gasteiger partial charge >= 0.3 is 0 Å². The number of amides is 1. The molecule has 1 N–H and O–H groups in total. The molecule has 1 fully saturated rings. The van der Waals surface area contributed by atoms with E-state index in [0.717, 1.165) is 34.8 Å². The molecule has 0 saturated carbocycles. The van der Waals surface area contributed by atoms with Gasteiger partial charge in [-0.1, -0.05) is 12.1 Å². The van der Waals surface area contributed by atoms with E-state index in [1.165, 1.54) is 4.88 Å². The number of nitrogens with zero attached hydrogens (tertiary/aromatic N) is 1. The second kappa shape index (κ2) is 6.95. The molecule has 1 aliphatic heterocycles. The molecule has 1 aliphatic rings. The Morgan fingerprint density at radius 1 is 1.29 bits per heavy atom. The second-order valence-corrected chi connectivity index (χ2v) is 7.55. The van der Waals surface area contributed by atoms with Crippen molar-refractivity contribution in [3.63, 3.8) is 0 Å². The molecule has 2 unspecified atom stereocenters. The van der Waals surface area contributed by atoms with Gasteiger partial charge in [0.2, 0.25) is 0 Å². The monoisotopic (exact) mass is 344 g/mol. The molecular weight excluding hydrogens is 320 g/mol. The van der Waals surface area contributed by atoms with Crippen molar-refractivity contribution in [2.75, 3.05) is 20.2 Å². The molecule has 0 spiro atoms. The first-order chi connectivity index (χ1) is 11.5. The van der Waals surface area contributed by atoms with Crippen LogP contribution in [0.5, 0.6) is 5.75 Å². The van der Waals surface area contributed by atoms with Crippen LogP contribution in [0.1, 0.15) is 28.4 Å². The maximum absolute atomic E-state index is 12.9. The topological polar surface area (TPSA) is 41.6 Å². The van der Waals surface area contributed by atoms with Crippen LogP contribution in [0.15, 0.2) is 30.3 Å². The fourth-order valence-electron chi connectivity index (χ4n) is 3.13. The zero-order chi connectivity index (χ0) is 17.3. The average Bonchev–Trinajstić information content (AvgIpc) is 2.98. The number of carbonyl (C=O) groups excluding carboxylic acids is 1. The summed E-state index contributed by atoms with van der Waals surface area (Å²) in [6.45, 7) is 7.93. The first-order valence-electron chi connectivity index (χ1n) is 8.30. The number of carbonyl (C=O) groups is 1. The molecule has 1 amide bonds. The summed E-state index contributed by atoms with van der Waals surface area (Å²) in [5.74, 6) is 0.982. The number of rotatable bonds is 3. The number of hydrogen-bond donors (Lipinski definition) is 1. The zero-order valence-electron chi connectivity index (χ0n) is 14.6. The minimum Gasteiger partial charge on any atom is -0.497 e. The van der Waals surface area contributed by atoms with Crippen molar-refractivity contribution in [1.82, 2.24) is 10.2 Å². The van der Waals surface area contributed by atoms with Crippen molar-refractivity contribution >= 4 is 17.2 Å². The summed E-state index contributed by atoms with van der Waals surface area (Å²) in [5, 5.41) is 3.42. The van der Waals surface area contributed by atoms with Gasteiger partial charge in [0.25, 0.3) is 5.91 Å². The van der Waals surface area contributed by atoms with Gasteiger partial charge in [-0.3, -0.25) is 4.79 Å². The van der Waals surface area contributed by atoms with Gasteiger partial charge in [0.05, 0.1) is 12.0 Å². The normalized spacial score (nSPS) is 20.9. The van der Waals surface area contributed by atoms with Crippen molar-refractivity contribution in [1.29, 1.82) is 0 Å². The van der Waals surface area contributed by atoms with E-state index < -0.39 is 0 Å². The standard InChI is InChI=1S/C19H24N2O2S/c1-12-13(2)21(10-9-20-12)19(22)18-11-17(14(3)24-18)15-5-7-16(23-4)8-6-15/h5-8,11-13,20H,9-10H2,1-4H3. The number of methoxy groups -OCH3 is 1.